The molecule has 3 aromatic heterocycles. The van der Waals surface area contributed by atoms with Gasteiger partial charge in [-0.25, -0.2) is 9.97 Å². The number of benzene rings is 7. The SMILES string of the molecule is c1ccc(-c2cc(-c3cccc(-c4ccc(-c5ccc6ccc7cccnc7c6n5)c5ccccc45)c3)c3c(ccc4ccccc43)n2)cc1. The molecule has 0 atom stereocenters. The maximum atomic E-state index is 5.20. The molecule has 0 bridgehead atoms. The van der Waals surface area contributed by atoms with Gasteiger partial charge in [-0.05, 0) is 74.1 Å². The van der Waals surface area contributed by atoms with Crippen LogP contribution in [0.5, 0.6) is 0 Å². The molecule has 10 aromatic rings. The van der Waals surface area contributed by atoms with Crippen molar-refractivity contribution in [1.82, 2.24) is 15.0 Å². The first-order valence-corrected chi connectivity index (χ1v) is 16.9. The lowest BCUT2D eigenvalue weighted by Crippen LogP contribution is -1.92. The summed E-state index contributed by atoms with van der Waals surface area (Å²) in [4.78, 5) is 15.1. The Morgan fingerprint density at radius 3 is 1.84 bits per heavy atom. The topological polar surface area (TPSA) is 38.7 Å². The molecule has 3 heteroatoms. The first-order chi connectivity index (χ1) is 24.8. The van der Waals surface area contributed by atoms with Crippen LogP contribution >= 0.6 is 0 Å². The Bertz CT molecular complexity index is 2930. The van der Waals surface area contributed by atoms with Gasteiger partial charge >= 0.3 is 0 Å². The van der Waals surface area contributed by atoms with Crippen molar-refractivity contribution in [2.75, 3.05) is 0 Å². The van der Waals surface area contributed by atoms with Gasteiger partial charge < -0.3 is 0 Å². The Morgan fingerprint density at radius 1 is 0.340 bits per heavy atom. The summed E-state index contributed by atoms with van der Waals surface area (Å²) >= 11 is 0. The van der Waals surface area contributed by atoms with E-state index in [9.17, 15) is 0 Å². The summed E-state index contributed by atoms with van der Waals surface area (Å²) in [6.45, 7) is 0. The van der Waals surface area contributed by atoms with Crippen molar-refractivity contribution >= 4 is 54.3 Å². The second-order valence-electron chi connectivity index (χ2n) is 12.8. The minimum Gasteiger partial charge on any atom is -0.254 e. The maximum Gasteiger partial charge on any atom is 0.0972 e. The molecule has 232 valence electrons. The Labute approximate surface area is 289 Å². The third-order valence-electron chi connectivity index (χ3n) is 9.88. The van der Waals surface area contributed by atoms with Gasteiger partial charge in [0, 0.05) is 33.5 Å². The van der Waals surface area contributed by atoms with Crippen LogP contribution in [-0.4, -0.2) is 15.0 Å². The fraction of sp³-hybridized carbons (Fsp3) is 0. The fourth-order valence-electron chi connectivity index (χ4n) is 7.49. The summed E-state index contributed by atoms with van der Waals surface area (Å²) in [6, 6.07) is 60.3. The van der Waals surface area contributed by atoms with E-state index < -0.39 is 0 Å². The van der Waals surface area contributed by atoms with Gasteiger partial charge in [-0.1, -0.05) is 140 Å². The average molecular weight is 636 g/mol. The smallest absolute Gasteiger partial charge is 0.0972 e. The molecule has 0 aliphatic heterocycles. The Balaban J connectivity index is 1.16. The summed E-state index contributed by atoms with van der Waals surface area (Å²) < 4.78 is 0. The Kier molecular flexibility index (Phi) is 6.49. The van der Waals surface area contributed by atoms with Crippen LogP contribution in [0.25, 0.3) is 99.0 Å². The minimum absolute atomic E-state index is 0.924. The van der Waals surface area contributed by atoms with Gasteiger partial charge in [0.1, 0.15) is 0 Å². The highest BCUT2D eigenvalue weighted by molar-refractivity contribution is 6.14. The van der Waals surface area contributed by atoms with Crippen LogP contribution in [0.15, 0.2) is 176 Å². The number of rotatable bonds is 4. The molecule has 3 heterocycles. The van der Waals surface area contributed by atoms with E-state index in [1.165, 1.54) is 43.6 Å². The van der Waals surface area contributed by atoms with E-state index in [0.29, 0.717) is 0 Å². The highest BCUT2D eigenvalue weighted by atomic mass is 14.8. The van der Waals surface area contributed by atoms with Crippen LogP contribution in [0.2, 0.25) is 0 Å². The molecule has 0 amide bonds. The second-order valence-corrected chi connectivity index (χ2v) is 12.8. The first kappa shape index (κ1) is 28.3. The molecule has 0 saturated carbocycles. The van der Waals surface area contributed by atoms with Crippen LogP contribution in [0.4, 0.5) is 0 Å². The van der Waals surface area contributed by atoms with Gasteiger partial charge in [-0.2, -0.15) is 0 Å². The summed E-state index contributed by atoms with van der Waals surface area (Å²) in [5, 5.41) is 8.12. The van der Waals surface area contributed by atoms with E-state index in [0.717, 1.165) is 55.4 Å². The molecule has 0 unspecified atom stereocenters. The molecule has 0 spiro atoms. The predicted octanol–water partition coefficient (Wildman–Crippen LogP) is 12.3. The summed E-state index contributed by atoms with van der Waals surface area (Å²) in [5.41, 5.74) is 11.6. The normalized spacial score (nSPS) is 11.6. The van der Waals surface area contributed by atoms with Crippen LogP contribution in [0, 0.1) is 0 Å². The van der Waals surface area contributed by atoms with Crippen molar-refractivity contribution in [3.63, 3.8) is 0 Å². The van der Waals surface area contributed by atoms with Crippen LogP contribution in [0.1, 0.15) is 0 Å². The van der Waals surface area contributed by atoms with Crippen LogP contribution in [-0.2, 0) is 0 Å². The lowest BCUT2D eigenvalue weighted by Gasteiger charge is -2.15. The van der Waals surface area contributed by atoms with Crippen molar-refractivity contribution in [2.24, 2.45) is 0 Å². The predicted molar refractivity (Wildman–Crippen MR) is 209 cm³/mol. The zero-order chi connectivity index (χ0) is 33.0. The number of nitrogens with zero attached hydrogens (tertiary/aromatic N) is 3. The van der Waals surface area contributed by atoms with E-state index in [2.05, 4.69) is 163 Å². The van der Waals surface area contributed by atoms with E-state index in [1.54, 1.807) is 0 Å². The van der Waals surface area contributed by atoms with Crippen LogP contribution < -0.4 is 0 Å². The molecule has 7 aromatic carbocycles. The van der Waals surface area contributed by atoms with Gasteiger partial charge in [0.25, 0.3) is 0 Å². The molecule has 0 radical (unpaired) electrons. The van der Waals surface area contributed by atoms with Gasteiger partial charge in [0.2, 0.25) is 0 Å². The molecule has 50 heavy (non-hydrogen) atoms. The first-order valence-electron chi connectivity index (χ1n) is 16.9. The molecule has 0 aliphatic rings. The average Bonchev–Trinajstić information content (AvgIpc) is 3.20. The Morgan fingerprint density at radius 2 is 0.980 bits per heavy atom. The molecular formula is C47H29N3. The molecule has 0 fully saturated rings. The van der Waals surface area contributed by atoms with Gasteiger partial charge in [-0.3, -0.25) is 4.98 Å². The third-order valence-corrected chi connectivity index (χ3v) is 9.88. The highest BCUT2D eigenvalue weighted by Gasteiger charge is 2.16. The number of hydrogen-bond acceptors (Lipinski definition) is 3. The van der Waals surface area contributed by atoms with E-state index >= 15 is 0 Å². The van der Waals surface area contributed by atoms with E-state index in [1.807, 2.05) is 18.3 Å². The van der Waals surface area contributed by atoms with Crippen molar-refractivity contribution in [3.05, 3.63) is 176 Å². The van der Waals surface area contributed by atoms with Crippen LogP contribution in [0.3, 0.4) is 0 Å². The third kappa shape index (κ3) is 4.63. The molecular weight excluding hydrogens is 607 g/mol. The lowest BCUT2D eigenvalue weighted by atomic mass is 9.90. The lowest BCUT2D eigenvalue weighted by molar-refractivity contribution is 1.37. The number of fused-ring (bicyclic) bond motifs is 7. The fourth-order valence-corrected chi connectivity index (χ4v) is 7.49. The number of pyridine rings is 3. The maximum absolute atomic E-state index is 5.20. The Hall–Kier alpha value is -6.71. The summed E-state index contributed by atoms with van der Waals surface area (Å²) in [5.74, 6) is 0. The zero-order valence-corrected chi connectivity index (χ0v) is 27.1. The molecule has 0 aliphatic carbocycles. The minimum atomic E-state index is 0.924. The molecule has 0 saturated heterocycles. The summed E-state index contributed by atoms with van der Waals surface area (Å²) in [7, 11) is 0. The standard InChI is InChI=1S/C47H29N3/c1-2-11-31(12-3-1)44-29-41(45-37-16-5-4-10-30(37)21-26-43(45)49-44)35-14-8-13-34(28-35)36-23-24-40(39-18-7-6-17-38(36)39)42-25-22-33-20-19-32-15-9-27-48-46(32)47(33)50-42/h1-29H. The largest absolute Gasteiger partial charge is 0.254 e. The van der Waals surface area contributed by atoms with Crippen molar-refractivity contribution in [2.45, 2.75) is 0 Å². The number of hydrogen-bond donors (Lipinski definition) is 0. The van der Waals surface area contributed by atoms with E-state index in [4.69, 9.17) is 9.97 Å². The zero-order valence-electron chi connectivity index (χ0n) is 27.1. The number of aromatic nitrogens is 3. The molecule has 0 N–H and O–H groups in total. The van der Waals surface area contributed by atoms with Gasteiger partial charge in [-0.15, -0.1) is 0 Å². The molecule has 3 nitrogen and oxygen atoms in total. The van der Waals surface area contributed by atoms with Gasteiger partial charge in [0.05, 0.1) is 27.9 Å². The van der Waals surface area contributed by atoms with E-state index in [-0.39, 0.29) is 0 Å². The molecule has 10 rings (SSSR count). The van der Waals surface area contributed by atoms with Crippen molar-refractivity contribution in [3.8, 4) is 44.8 Å². The van der Waals surface area contributed by atoms with Crippen molar-refractivity contribution in [1.29, 1.82) is 0 Å². The van der Waals surface area contributed by atoms with Crippen molar-refractivity contribution < 1.29 is 0 Å². The summed E-state index contributed by atoms with van der Waals surface area (Å²) in [6.07, 6.45) is 1.84. The monoisotopic (exact) mass is 635 g/mol. The quantitative estimate of drug-likeness (QED) is 0.181. The van der Waals surface area contributed by atoms with Gasteiger partial charge in [0.15, 0.2) is 0 Å². The second kappa shape index (κ2) is 11.5. The highest BCUT2D eigenvalue weighted by Crippen LogP contribution is 2.40.